The second-order valence-corrected chi connectivity index (χ2v) is 9.33. The summed E-state index contributed by atoms with van der Waals surface area (Å²) in [5, 5.41) is 5.93. The van der Waals surface area contributed by atoms with Crippen molar-refractivity contribution < 1.29 is 27.3 Å². The molecule has 0 radical (unpaired) electrons. The van der Waals surface area contributed by atoms with Gasteiger partial charge in [-0.05, 0) is 23.3 Å². The van der Waals surface area contributed by atoms with Crippen molar-refractivity contribution in [2.45, 2.75) is 13.1 Å². The Bertz CT molecular complexity index is 1810. The number of rotatable bonds is 0. The number of nitrogens with one attached hydrogen (secondary N) is 2. The van der Waals surface area contributed by atoms with Crippen LogP contribution in [0.2, 0.25) is 5.02 Å². The van der Waals surface area contributed by atoms with Gasteiger partial charge in [-0.3, -0.25) is 9.59 Å². The standard InChI is InChI=1S/C27H16ClN7O6/c28-15-5-16-24-34-20(11-40-24)26-32-18(9-38-26)22(36)29-7-13-2-1-3-14(4-13)8-30-23(37)19-10-39-27(33-19)21-12-41-25(35-21)17(6-15)31-16/h1-6,9-12H,7-8H2,(H,29,36)(H,30,37). The van der Waals surface area contributed by atoms with Gasteiger partial charge in [0.2, 0.25) is 23.6 Å². The van der Waals surface area contributed by atoms with Crippen LogP contribution in [-0.4, -0.2) is 36.7 Å². The SMILES string of the molecule is O=C1NCc2cccc(c2)CNC(=O)c2coc(n2)-c2coc(n2)-c2cc(Cl)cc(n2)-c2nc(co2)-c2nc1co2. The van der Waals surface area contributed by atoms with Crippen molar-refractivity contribution in [1.29, 1.82) is 0 Å². The summed E-state index contributed by atoms with van der Waals surface area (Å²) in [6, 6.07) is 10.5. The molecule has 7 rings (SSSR count). The van der Waals surface area contributed by atoms with Crippen LogP contribution in [0.25, 0.3) is 46.3 Å². The van der Waals surface area contributed by atoms with Gasteiger partial charge in [0, 0.05) is 18.1 Å². The number of nitrogens with zero attached hydrogens (tertiary/aromatic N) is 5. The number of hydrogen-bond acceptors (Lipinski definition) is 11. The summed E-state index contributed by atoms with van der Waals surface area (Å²) >= 11 is 6.34. The largest absolute Gasteiger partial charge is 0.442 e. The van der Waals surface area contributed by atoms with Gasteiger partial charge >= 0.3 is 0 Å². The van der Waals surface area contributed by atoms with Crippen molar-refractivity contribution >= 4 is 23.4 Å². The Labute approximate surface area is 234 Å². The van der Waals surface area contributed by atoms with Gasteiger partial charge in [0.25, 0.3) is 11.8 Å². The number of hydrogen-bond donors (Lipinski definition) is 2. The van der Waals surface area contributed by atoms with E-state index in [1.54, 1.807) is 12.1 Å². The van der Waals surface area contributed by atoms with Crippen LogP contribution in [0.15, 0.2) is 79.1 Å². The van der Waals surface area contributed by atoms with E-state index in [-0.39, 0.29) is 70.8 Å². The molecule has 0 saturated carbocycles. The van der Waals surface area contributed by atoms with Crippen LogP contribution in [0.5, 0.6) is 0 Å². The molecule has 0 aliphatic carbocycles. The highest BCUT2D eigenvalue weighted by molar-refractivity contribution is 6.31. The number of amides is 2. The number of benzene rings is 1. The van der Waals surface area contributed by atoms with Gasteiger partial charge in [0.05, 0.1) is 0 Å². The summed E-state index contributed by atoms with van der Waals surface area (Å²) in [4.78, 5) is 47.2. The van der Waals surface area contributed by atoms with Gasteiger partial charge in [-0.2, -0.15) is 0 Å². The first-order valence-corrected chi connectivity index (χ1v) is 12.5. The second kappa shape index (κ2) is 9.88. The predicted octanol–water partition coefficient (Wildman–Crippen LogP) is 4.53. The molecule has 5 aromatic heterocycles. The van der Waals surface area contributed by atoms with Crippen LogP contribution in [0.3, 0.4) is 0 Å². The number of fused-ring (bicyclic) bond motifs is 16. The summed E-state index contributed by atoms with van der Waals surface area (Å²) < 4.78 is 22.1. The zero-order valence-electron chi connectivity index (χ0n) is 20.8. The molecule has 0 saturated heterocycles. The van der Waals surface area contributed by atoms with E-state index < -0.39 is 11.8 Å². The van der Waals surface area contributed by atoms with E-state index >= 15 is 0 Å². The molecule has 41 heavy (non-hydrogen) atoms. The highest BCUT2D eigenvalue weighted by Crippen LogP contribution is 2.30. The summed E-state index contributed by atoms with van der Waals surface area (Å²) in [5.41, 5.74) is 2.86. The predicted molar refractivity (Wildman–Crippen MR) is 140 cm³/mol. The highest BCUT2D eigenvalue weighted by atomic mass is 35.5. The fourth-order valence-electron chi connectivity index (χ4n) is 4.08. The molecule has 0 unspecified atom stereocenters. The molecule has 6 aromatic rings. The molecule has 6 heterocycles. The van der Waals surface area contributed by atoms with Gasteiger partial charge in [0.15, 0.2) is 22.8 Å². The van der Waals surface area contributed by atoms with Gasteiger partial charge in [0.1, 0.15) is 36.4 Å². The van der Waals surface area contributed by atoms with Crippen LogP contribution in [0.1, 0.15) is 32.1 Å². The first kappa shape index (κ1) is 24.5. The first-order valence-electron chi connectivity index (χ1n) is 12.1. The number of aromatic nitrogens is 5. The Morgan fingerprint density at radius 3 is 1.46 bits per heavy atom. The van der Waals surface area contributed by atoms with E-state index in [2.05, 4.69) is 35.6 Å². The van der Waals surface area contributed by atoms with Crippen molar-refractivity contribution in [1.82, 2.24) is 35.6 Å². The van der Waals surface area contributed by atoms with Crippen molar-refractivity contribution in [2.24, 2.45) is 0 Å². The third kappa shape index (κ3) is 4.85. The number of oxazole rings is 4. The molecule has 1 aliphatic rings. The minimum atomic E-state index is -0.440. The molecule has 0 fully saturated rings. The Morgan fingerprint density at radius 2 is 0.976 bits per heavy atom. The topological polar surface area (TPSA) is 175 Å². The van der Waals surface area contributed by atoms with Gasteiger partial charge in [-0.15, -0.1) is 0 Å². The van der Waals surface area contributed by atoms with Gasteiger partial charge < -0.3 is 28.3 Å². The molecule has 1 aromatic carbocycles. The van der Waals surface area contributed by atoms with E-state index in [1.165, 1.54) is 25.1 Å². The fourth-order valence-corrected chi connectivity index (χ4v) is 4.29. The molecular weight excluding hydrogens is 554 g/mol. The average Bonchev–Trinajstić information content (AvgIpc) is 3.79. The summed E-state index contributed by atoms with van der Waals surface area (Å²) in [6.45, 7) is 0.456. The Balaban J connectivity index is 1.27. The van der Waals surface area contributed by atoms with E-state index in [0.717, 1.165) is 11.1 Å². The van der Waals surface area contributed by atoms with Gasteiger partial charge in [-0.1, -0.05) is 35.9 Å². The molecule has 13 nitrogen and oxygen atoms in total. The third-order valence-corrected chi connectivity index (χ3v) is 6.26. The lowest BCUT2D eigenvalue weighted by molar-refractivity contribution is 0.0938. The molecular formula is C27H16ClN7O6. The maximum atomic E-state index is 12.7. The number of carbonyl (C=O) groups is 2. The average molecular weight is 570 g/mol. The van der Waals surface area contributed by atoms with Crippen molar-refractivity contribution in [3.63, 3.8) is 0 Å². The van der Waals surface area contributed by atoms with Crippen molar-refractivity contribution in [2.75, 3.05) is 0 Å². The number of carbonyl (C=O) groups excluding carboxylic acids is 2. The maximum Gasteiger partial charge on any atom is 0.273 e. The smallest absolute Gasteiger partial charge is 0.273 e. The van der Waals surface area contributed by atoms with Crippen LogP contribution in [0, 0.1) is 0 Å². The molecule has 0 atom stereocenters. The molecule has 2 N–H and O–H groups in total. The molecule has 0 spiro atoms. The maximum absolute atomic E-state index is 12.7. The fraction of sp³-hybridized carbons (Fsp3) is 0.0741. The van der Waals surface area contributed by atoms with Crippen molar-refractivity contribution in [3.05, 3.63) is 89.0 Å². The van der Waals surface area contributed by atoms with Crippen LogP contribution in [0.4, 0.5) is 0 Å². The lowest BCUT2D eigenvalue weighted by atomic mass is 10.1. The van der Waals surface area contributed by atoms with Crippen LogP contribution >= 0.6 is 11.6 Å². The second-order valence-electron chi connectivity index (χ2n) is 8.89. The zero-order chi connectivity index (χ0) is 27.9. The van der Waals surface area contributed by atoms with E-state index in [9.17, 15) is 9.59 Å². The lowest BCUT2D eigenvalue weighted by Gasteiger charge is -2.07. The van der Waals surface area contributed by atoms with Crippen molar-refractivity contribution in [3.8, 4) is 46.3 Å². The summed E-state index contributed by atoms with van der Waals surface area (Å²) in [6.07, 6.45) is 5.13. The highest BCUT2D eigenvalue weighted by Gasteiger charge is 2.21. The number of pyridine rings is 1. The lowest BCUT2D eigenvalue weighted by Crippen LogP contribution is -2.24. The third-order valence-electron chi connectivity index (χ3n) is 6.05. The minimum absolute atomic E-state index is 0.0669. The molecule has 202 valence electrons. The van der Waals surface area contributed by atoms with Crippen LogP contribution < -0.4 is 10.6 Å². The molecule has 2 amide bonds. The Morgan fingerprint density at radius 1 is 0.561 bits per heavy atom. The minimum Gasteiger partial charge on any atom is -0.442 e. The number of halogens is 1. The van der Waals surface area contributed by atoms with Gasteiger partial charge in [-0.25, -0.2) is 24.9 Å². The summed E-state index contributed by atoms with van der Waals surface area (Å²) in [7, 11) is 0. The quantitative estimate of drug-likeness (QED) is 0.263. The molecule has 1 aliphatic heterocycles. The monoisotopic (exact) mass is 569 g/mol. The van der Waals surface area contributed by atoms with E-state index in [1.807, 2.05) is 24.3 Å². The summed E-state index contributed by atoms with van der Waals surface area (Å²) in [5.74, 6) is -0.463. The first-order chi connectivity index (χ1) is 20.0. The van der Waals surface area contributed by atoms with Crippen LogP contribution in [-0.2, 0) is 13.1 Å². The Kier molecular flexibility index (Phi) is 5.90. The van der Waals surface area contributed by atoms with E-state index in [0.29, 0.717) is 5.02 Å². The Hall–Kier alpha value is -5.56. The zero-order valence-corrected chi connectivity index (χ0v) is 21.5. The normalized spacial score (nSPS) is 13.3. The molecule has 14 heteroatoms. The molecule has 12 bridgehead atoms. The van der Waals surface area contributed by atoms with E-state index in [4.69, 9.17) is 29.3 Å².